The van der Waals surface area contributed by atoms with Gasteiger partial charge in [-0.3, -0.25) is 19.0 Å². The van der Waals surface area contributed by atoms with Gasteiger partial charge in [0.1, 0.15) is 12.6 Å². The zero-order valence-electron chi connectivity index (χ0n) is 18.8. The van der Waals surface area contributed by atoms with Gasteiger partial charge in [-0.15, -0.1) is 0 Å². The molecule has 3 aromatic rings. The van der Waals surface area contributed by atoms with Crippen LogP contribution < -0.4 is 20.3 Å². The minimum Gasteiger partial charge on any atom is -0.493 e. The van der Waals surface area contributed by atoms with Crippen molar-refractivity contribution in [1.29, 1.82) is 0 Å². The summed E-state index contributed by atoms with van der Waals surface area (Å²) in [4.78, 5) is 44.4. The molecule has 9 nitrogen and oxygen atoms in total. The third-order valence-corrected chi connectivity index (χ3v) is 5.83. The summed E-state index contributed by atoms with van der Waals surface area (Å²) in [5.41, 5.74) is 2.41. The Hall–Kier alpha value is -3.88. The SMILES string of the molecule is COc1cc2ncn(CC(=O)N[C@@H](C)C(=O)N3CCc4ccccc4C3)c(=O)c2cc1OC. The zero-order chi connectivity index (χ0) is 23.5. The summed E-state index contributed by atoms with van der Waals surface area (Å²) in [7, 11) is 2.98. The molecule has 33 heavy (non-hydrogen) atoms. The molecule has 0 radical (unpaired) electrons. The largest absolute Gasteiger partial charge is 0.493 e. The number of carbonyl (C=O) groups is 2. The number of hydrogen-bond acceptors (Lipinski definition) is 6. The van der Waals surface area contributed by atoms with Crippen LogP contribution in [0.3, 0.4) is 0 Å². The molecule has 0 spiro atoms. The van der Waals surface area contributed by atoms with Crippen LogP contribution >= 0.6 is 0 Å². The second-order valence-electron chi connectivity index (χ2n) is 7.97. The molecule has 2 aromatic carbocycles. The lowest BCUT2D eigenvalue weighted by molar-refractivity contribution is -0.136. The van der Waals surface area contributed by atoms with Crippen molar-refractivity contribution in [1.82, 2.24) is 19.8 Å². The molecule has 2 amide bonds. The van der Waals surface area contributed by atoms with E-state index in [0.717, 1.165) is 12.0 Å². The number of methoxy groups -OCH3 is 2. The molecule has 0 saturated carbocycles. The molecule has 1 aliphatic rings. The highest BCUT2D eigenvalue weighted by molar-refractivity contribution is 5.87. The van der Waals surface area contributed by atoms with E-state index in [4.69, 9.17) is 9.47 Å². The molecule has 2 heterocycles. The van der Waals surface area contributed by atoms with Crippen molar-refractivity contribution in [3.63, 3.8) is 0 Å². The fourth-order valence-corrected chi connectivity index (χ4v) is 4.06. The van der Waals surface area contributed by atoms with Gasteiger partial charge in [-0.1, -0.05) is 24.3 Å². The van der Waals surface area contributed by atoms with Gasteiger partial charge in [-0.25, -0.2) is 4.98 Å². The molecule has 0 unspecified atom stereocenters. The predicted molar refractivity (Wildman–Crippen MR) is 122 cm³/mol. The number of amides is 2. The molecule has 0 saturated heterocycles. The summed E-state index contributed by atoms with van der Waals surface area (Å²) in [5, 5.41) is 3.01. The van der Waals surface area contributed by atoms with Gasteiger partial charge in [0.2, 0.25) is 11.8 Å². The van der Waals surface area contributed by atoms with Crippen molar-refractivity contribution in [2.75, 3.05) is 20.8 Å². The van der Waals surface area contributed by atoms with E-state index in [9.17, 15) is 14.4 Å². The lowest BCUT2D eigenvalue weighted by Crippen LogP contribution is -2.49. The fourth-order valence-electron chi connectivity index (χ4n) is 4.06. The van der Waals surface area contributed by atoms with Gasteiger partial charge in [0.15, 0.2) is 11.5 Å². The highest BCUT2D eigenvalue weighted by Crippen LogP contribution is 2.29. The first-order valence-electron chi connectivity index (χ1n) is 10.7. The quantitative estimate of drug-likeness (QED) is 0.611. The Morgan fingerprint density at radius 3 is 2.55 bits per heavy atom. The predicted octanol–water partition coefficient (Wildman–Crippen LogP) is 1.50. The van der Waals surface area contributed by atoms with Crippen LogP contribution in [-0.2, 0) is 29.1 Å². The first-order valence-corrected chi connectivity index (χ1v) is 10.7. The molecule has 4 rings (SSSR count). The maximum Gasteiger partial charge on any atom is 0.261 e. The van der Waals surface area contributed by atoms with Gasteiger partial charge in [0.25, 0.3) is 5.56 Å². The van der Waals surface area contributed by atoms with Crippen LogP contribution in [0.2, 0.25) is 0 Å². The monoisotopic (exact) mass is 450 g/mol. The number of rotatable bonds is 6. The minimum absolute atomic E-state index is 0.154. The molecule has 9 heteroatoms. The first-order chi connectivity index (χ1) is 15.9. The van der Waals surface area contributed by atoms with Gasteiger partial charge in [-0.2, -0.15) is 0 Å². The summed E-state index contributed by atoms with van der Waals surface area (Å²) in [5.74, 6) is 0.254. The molecule has 1 aromatic heterocycles. The van der Waals surface area contributed by atoms with Crippen LogP contribution in [0.15, 0.2) is 47.5 Å². The van der Waals surface area contributed by atoms with E-state index in [1.54, 1.807) is 17.9 Å². The lowest BCUT2D eigenvalue weighted by atomic mass is 9.99. The van der Waals surface area contributed by atoms with Crippen LogP contribution in [-0.4, -0.2) is 53.1 Å². The van der Waals surface area contributed by atoms with Crippen molar-refractivity contribution in [2.24, 2.45) is 0 Å². The Balaban J connectivity index is 1.44. The minimum atomic E-state index is -0.712. The third-order valence-electron chi connectivity index (χ3n) is 5.83. The maximum absolute atomic E-state index is 12.9. The first kappa shape index (κ1) is 22.3. The number of carbonyl (C=O) groups excluding carboxylic acids is 2. The average Bonchev–Trinajstić information content (AvgIpc) is 2.84. The molecular weight excluding hydrogens is 424 g/mol. The number of fused-ring (bicyclic) bond motifs is 2. The molecule has 1 N–H and O–H groups in total. The maximum atomic E-state index is 12.9. The standard InChI is InChI=1S/C24H26N4O5/c1-15(23(30)27-9-8-16-6-4-5-7-17(16)12-27)26-22(29)13-28-14-25-19-11-21(33-3)20(32-2)10-18(19)24(28)31/h4-7,10-11,14-15H,8-9,12-13H2,1-3H3,(H,26,29)/t15-/m0/s1. The van der Waals surface area contributed by atoms with Crippen molar-refractivity contribution in [3.05, 3.63) is 64.2 Å². The lowest BCUT2D eigenvalue weighted by Gasteiger charge is -2.31. The second-order valence-corrected chi connectivity index (χ2v) is 7.97. The Morgan fingerprint density at radius 1 is 1.12 bits per heavy atom. The molecule has 0 fully saturated rings. The van der Waals surface area contributed by atoms with E-state index < -0.39 is 11.9 Å². The van der Waals surface area contributed by atoms with Gasteiger partial charge in [0.05, 0.1) is 31.4 Å². The van der Waals surface area contributed by atoms with Crippen molar-refractivity contribution >= 4 is 22.7 Å². The summed E-state index contributed by atoms with van der Waals surface area (Å²) < 4.78 is 11.7. The van der Waals surface area contributed by atoms with Gasteiger partial charge < -0.3 is 19.7 Å². The van der Waals surface area contributed by atoms with E-state index >= 15 is 0 Å². The van der Waals surface area contributed by atoms with Crippen LogP contribution in [0.1, 0.15) is 18.1 Å². The Kier molecular flexibility index (Phi) is 6.30. The third kappa shape index (κ3) is 4.52. The van der Waals surface area contributed by atoms with Gasteiger partial charge in [0, 0.05) is 19.2 Å². The van der Waals surface area contributed by atoms with Gasteiger partial charge in [-0.05, 0) is 30.5 Å². The Bertz CT molecular complexity index is 1270. The highest BCUT2D eigenvalue weighted by Gasteiger charge is 2.25. The molecule has 0 bridgehead atoms. The van der Waals surface area contributed by atoms with Crippen molar-refractivity contribution in [2.45, 2.75) is 32.5 Å². The topological polar surface area (TPSA) is 103 Å². The number of benzene rings is 2. The van der Waals surface area contributed by atoms with Gasteiger partial charge >= 0.3 is 0 Å². The average molecular weight is 450 g/mol. The highest BCUT2D eigenvalue weighted by atomic mass is 16.5. The summed E-state index contributed by atoms with van der Waals surface area (Å²) in [6.45, 7) is 2.53. The molecule has 1 aliphatic heterocycles. The van der Waals surface area contributed by atoms with Crippen LogP contribution in [0.5, 0.6) is 11.5 Å². The molecule has 1 atom stereocenters. The molecular formula is C24H26N4O5. The summed E-state index contributed by atoms with van der Waals surface area (Å²) in [6.07, 6.45) is 2.10. The second kappa shape index (κ2) is 9.32. The Labute approximate surface area is 190 Å². The van der Waals surface area contributed by atoms with E-state index in [1.807, 2.05) is 18.2 Å². The summed E-state index contributed by atoms with van der Waals surface area (Å²) >= 11 is 0. The number of hydrogen-bond donors (Lipinski definition) is 1. The van der Waals surface area contributed by atoms with E-state index in [0.29, 0.717) is 35.5 Å². The Morgan fingerprint density at radius 2 is 1.82 bits per heavy atom. The molecule has 0 aliphatic carbocycles. The summed E-state index contributed by atoms with van der Waals surface area (Å²) in [6, 6.07) is 10.5. The number of ether oxygens (including phenoxy) is 2. The smallest absolute Gasteiger partial charge is 0.261 e. The van der Waals surface area contributed by atoms with Crippen molar-refractivity contribution in [3.8, 4) is 11.5 Å². The van der Waals surface area contributed by atoms with Crippen molar-refractivity contribution < 1.29 is 19.1 Å². The van der Waals surface area contributed by atoms with E-state index in [-0.39, 0.29) is 18.0 Å². The normalized spacial score (nSPS) is 13.8. The fraction of sp³-hybridized carbons (Fsp3) is 0.333. The van der Waals surface area contributed by atoms with Crippen LogP contribution in [0.4, 0.5) is 0 Å². The number of aromatic nitrogens is 2. The van der Waals surface area contributed by atoms with Crippen LogP contribution in [0.25, 0.3) is 10.9 Å². The number of nitrogens with zero attached hydrogens (tertiary/aromatic N) is 3. The molecule has 172 valence electrons. The number of nitrogens with one attached hydrogen (secondary N) is 1. The van der Waals surface area contributed by atoms with Crippen LogP contribution in [0, 0.1) is 0 Å². The van der Waals surface area contributed by atoms with E-state index in [2.05, 4.69) is 16.4 Å². The zero-order valence-corrected chi connectivity index (χ0v) is 18.8. The van der Waals surface area contributed by atoms with E-state index in [1.165, 1.54) is 36.7 Å².